The molecule has 0 aliphatic carbocycles. The average Bonchev–Trinajstić information content (AvgIpc) is 1.68. The fourth-order valence-electron chi connectivity index (χ4n) is 0.0408. The molecule has 0 aromatic rings. The number of hydrogen-bond acceptors (Lipinski definition) is 4. The largest absolute Gasteiger partial charge is 1.00 e. The molecule has 8 heavy (non-hydrogen) atoms. The summed E-state index contributed by atoms with van der Waals surface area (Å²) in [4.78, 5) is 9.81. The Labute approximate surface area is 89.8 Å². The molecular weight excluding hydrogens is 156 g/mol. The molecule has 1 unspecified atom stereocenters. The molecule has 0 rings (SSSR count). The zero-order chi connectivity index (χ0) is 5.91. The third-order valence-corrected chi connectivity index (χ3v) is 1.09. The predicted octanol–water partition coefficient (Wildman–Crippen LogP) is -3.33. The first kappa shape index (κ1) is 12.0. The molecule has 1 atom stereocenters. The zero-order valence-electron chi connectivity index (χ0n) is 4.62. The minimum absolute atomic E-state index is 0. The van der Waals surface area contributed by atoms with Crippen LogP contribution in [0.4, 0.5) is 0 Å². The van der Waals surface area contributed by atoms with E-state index in [0.29, 0.717) is 0 Å². The molecule has 0 aliphatic rings. The summed E-state index contributed by atoms with van der Waals surface area (Å²) in [5, 5.41) is 7.64. The number of nitriles is 1. The van der Waals surface area contributed by atoms with E-state index in [0.717, 1.165) is 12.9 Å². The maximum atomic E-state index is 9.81. The molecule has 0 bridgehead atoms. The third-order valence-electron chi connectivity index (χ3n) is 0.363. The molecule has 40 valence electrons. The molecule has 4 nitrogen and oxygen atoms in total. The summed E-state index contributed by atoms with van der Waals surface area (Å²) in [5.41, 5.74) is 0. The SMILES string of the molecule is COP(=O)([O-])C#N.[K+]. The van der Waals surface area contributed by atoms with Crippen LogP contribution in [0.15, 0.2) is 0 Å². The minimum atomic E-state index is -4.10. The summed E-state index contributed by atoms with van der Waals surface area (Å²) < 4.78 is 13.5. The van der Waals surface area contributed by atoms with Crippen molar-refractivity contribution in [2.75, 3.05) is 7.11 Å². The monoisotopic (exact) mass is 159 g/mol. The van der Waals surface area contributed by atoms with Gasteiger partial charge in [-0.3, -0.25) is 4.57 Å². The van der Waals surface area contributed by atoms with Gasteiger partial charge in [-0.2, -0.15) is 5.26 Å². The molecule has 0 saturated carbocycles. The Hall–Kier alpha value is 1.28. The van der Waals surface area contributed by atoms with Gasteiger partial charge >= 0.3 is 51.4 Å². The van der Waals surface area contributed by atoms with Crippen LogP contribution in [0.2, 0.25) is 0 Å². The number of rotatable bonds is 1. The van der Waals surface area contributed by atoms with Crippen molar-refractivity contribution >= 4 is 7.60 Å². The van der Waals surface area contributed by atoms with E-state index in [1.807, 2.05) is 0 Å². The van der Waals surface area contributed by atoms with E-state index in [-0.39, 0.29) is 51.4 Å². The fraction of sp³-hybridized carbons (Fsp3) is 0.500. The third kappa shape index (κ3) is 5.41. The van der Waals surface area contributed by atoms with E-state index in [4.69, 9.17) is 5.26 Å². The van der Waals surface area contributed by atoms with Crippen LogP contribution in [0.25, 0.3) is 0 Å². The first-order valence-corrected chi connectivity index (χ1v) is 2.95. The minimum Gasteiger partial charge on any atom is -0.767 e. The van der Waals surface area contributed by atoms with Gasteiger partial charge in [0.1, 0.15) is 5.81 Å². The van der Waals surface area contributed by atoms with Crippen molar-refractivity contribution in [1.82, 2.24) is 0 Å². The van der Waals surface area contributed by atoms with Gasteiger partial charge in [-0.25, -0.2) is 0 Å². The van der Waals surface area contributed by atoms with E-state index in [9.17, 15) is 9.46 Å². The molecule has 0 saturated heterocycles. The first-order chi connectivity index (χ1) is 3.12. The van der Waals surface area contributed by atoms with E-state index in [1.54, 1.807) is 0 Å². The predicted molar refractivity (Wildman–Crippen MR) is 20.2 cm³/mol. The number of nitrogens with zero attached hydrogens (tertiary/aromatic N) is 1. The zero-order valence-corrected chi connectivity index (χ0v) is 8.64. The Balaban J connectivity index is 0. The molecule has 0 amide bonds. The quantitative estimate of drug-likeness (QED) is 0.296. The maximum Gasteiger partial charge on any atom is 1.00 e. The van der Waals surface area contributed by atoms with Gasteiger partial charge in [-0.1, -0.05) is 0 Å². The fourth-order valence-corrected chi connectivity index (χ4v) is 0.122. The Bertz CT molecular complexity index is 141. The van der Waals surface area contributed by atoms with Gasteiger partial charge in [-0.05, 0) is 0 Å². The van der Waals surface area contributed by atoms with Crippen LogP contribution in [0.5, 0.6) is 0 Å². The molecule has 0 fully saturated rings. The summed E-state index contributed by atoms with van der Waals surface area (Å²) in [6.07, 6.45) is 0. The molecule has 0 radical (unpaired) electrons. The summed E-state index contributed by atoms with van der Waals surface area (Å²) in [7, 11) is -3.16. The van der Waals surface area contributed by atoms with Crippen LogP contribution in [0, 0.1) is 11.1 Å². The van der Waals surface area contributed by atoms with Crippen LogP contribution in [0.1, 0.15) is 0 Å². The first-order valence-electron chi connectivity index (χ1n) is 1.40. The topological polar surface area (TPSA) is 73.2 Å². The van der Waals surface area contributed by atoms with Crippen molar-refractivity contribution in [3.63, 3.8) is 0 Å². The normalized spacial score (nSPS) is 15.1. The molecule has 0 spiro atoms. The standard InChI is InChI=1S/C2H4NO3P.K/c1-6-7(4,5)2-3;/h1H3,(H,4,5);/q;+1/p-1. The molecule has 6 heteroatoms. The van der Waals surface area contributed by atoms with Gasteiger partial charge in [-0.15, -0.1) is 0 Å². The second-order valence-electron chi connectivity index (χ2n) is 0.780. The van der Waals surface area contributed by atoms with Crippen molar-refractivity contribution in [3.05, 3.63) is 0 Å². The summed E-state index contributed by atoms with van der Waals surface area (Å²) in [5.74, 6) is 0.969. The second-order valence-corrected chi connectivity index (χ2v) is 2.34. The number of hydrogen-bond donors (Lipinski definition) is 0. The maximum absolute atomic E-state index is 9.81. The Morgan fingerprint density at radius 3 is 2.25 bits per heavy atom. The van der Waals surface area contributed by atoms with Gasteiger partial charge in [0.15, 0.2) is 0 Å². The molecule has 0 aromatic heterocycles. The summed E-state index contributed by atoms with van der Waals surface area (Å²) in [6, 6.07) is 0. The smallest absolute Gasteiger partial charge is 0.767 e. The van der Waals surface area contributed by atoms with Crippen LogP contribution >= 0.6 is 7.60 Å². The van der Waals surface area contributed by atoms with Crippen LogP contribution in [-0.2, 0) is 9.09 Å². The van der Waals surface area contributed by atoms with Crippen LogP contribution in [0.3, 0.4) is 0 Å². The molecule has 0 aromatic carbocycles. The Morgan fingerprint density at radius 2 is 2.25 bits per heavy atom. The van der Waals surface area contributed by atoms with E-state index in [1.165, 1.54) is 0 Å². The van der Waals surface area contributed by atoms with E-state index in [2.05, 4.69) is 4.52 Å². The second kappa shape index (κ2) is 5.09. The van der Waals surface area contributed by atoms with E-state index < -0.39 is 7.60 Å². The Kier molecular flexibility index (Phi) is 7.64. The molecule has 0 aliphatic heterocycles. The van der Waals surface area contributed by atoms with Crippen molar-refractivity contribution in [3.8, 4) is 5.81 Å². The Morgan fingerprint density at radius 1 is 1.88 bits per heavy atom. The summed E-state index contributed by atoms with van der Waals surface area (Å²) in [6.45, 7) is 0. The molecular formula is C2H3KNO3P. The van der Waals surface area contributed by atoms with Gasteiger partial charge in [0, 0.05) is 7.11 Å². The average molecular weight is 159 g/mol. The van der Waals surface area contributed by atoms with Gasteiger partial charge < -0.3 is 9.42 Å². The van der Waals surface area contributed by atoms with Gasteiger partial charge in [0.25, 0.3) is 0 Å². The van der Waals surface area contributed by atoms with Crippen molar-refractivity contribution in [1.29, 1.82) is 5.26 Å². The van der Waals surface area contributed by atoms with Gasteiger partial charge in [0.05, 0.1) is 0 Å². The molecule has 0 N–H and O–H groups in total. The van der Waals surface area contributed by atoms with Crippen molar-refractivity contribution in [2.24, 2.45) is 0 Å². The summed E-state index contributed by atoms with van der Waals surface area (Å²) >= 11 is 0. The van der Waals surface area contributed by atoms with Crippen LogP contribution in [-0.4, -0.2) is 7.11 Å². The van der Waals surface area contributed by atoms with E-state index >= 15 is 0 Å². The molecule has 0 heterocycles. The van der Waals surface area contributed by atoms with Crippen molar-refractivity contribution in [2.45, 2.75) is 0 Å². The van der Waals surface area contributed by atoms with Gasteiger partial charge in [0.2, 0.25) is 7.60 Å². The van der Waals surface area contributed by atoms with Crippen molar-refractivity contribution < 1.29 is 65.4 Å². The van der Waals surface area contributed by atoms with Crippen LogP contribution < -0.4 is 56.3 Å².